The van der Waals surface area contributed by atoms with Gasteiger partial charge in [0.1, 0.15) is 18.5 Å². The molecule has 0 radical (unpaired) electrons. The van der Waals surface area contributed by atoms with Crippen molar-refractivity contribution in [2.45, 2.75) is 20.4 Å². The molecule has 0 aliphatic rings. The van der Waals surface area contributed by atoms with Crippen LogP contribution in [0.5, 0.6) is 5.75 Å². The largest absolute Gasteiger partial charge is 0.496 e. The minimum absolute atomic E-state index is 0.0474. The Bertz CT molecular complexity index is 877. The Labute approximate surface area is 160 Å². The first-order chi connectivity index (χ1) is 12.8. The molecule has 0 aromatic carbocycles. The van der Waals surface area contributed by atoms with E-state index in [2.05, 4.69) is 15.0 Å². The molecule has 0 bridgehead atoms. The number of ether oxygens (including phenoxy) is 2. The van der Waals surface area contributed by atoms with E-state index in [4.69, 9.17) is 21.1 Å². The van der Waals surface area contributed by atoms with Crippen molar-refractivity contribution in [3.8, 4) is 5.75 Å². The van der Waals surface area contributed by atoms with E-state index >= 15 is 0 Å². The first kappa shape index (κ1) is 20.3. The predicted octanol–water partition coefficient (Wildman–Crippen LogP) is 2.24. The van der Waals surface area contributed by atoms with Gasteiger partial charge in [-0.2, -0.15) is 4.98 Å². The van der Waals surface area contributed by atoms with Gasteiger partial charge in [-0.15, -0.1) is 0 Å². The second-order valence-electron chi connectivity index (χ2n) is 5.58. The van der Waals surface area contributed by atoms with E-state index in [1.807, 2.05) is 13.8 Å². The molecule has 2 heterocycles. The Balaban J connectivity index is 2.53. The molecule has 0 unspecified atom stereocenters. The molecule has 0 saturated heterocycles. The molecule has 0 aliphatic heterocycles. The van der Waals surface area contributed by atoms with E-state index < -0.39 is 10.9 Å². The van der Waals surface area contributed by atoms with Gasteiger partial charge in [-0.05, 0) is 25.4 Å². The van der Waals surface area contributed by atoms with Gasteiger partial charge in [0.15, 0.2) is 0 Å². The van der Waals surface area contributed by atoms with Crippen LogP contribution >= 0.6 is 11.6 Å². The molecule has 0 saturated carbocycles. The van der Waals surface area contributed by atoms with Crippen molar-refractivity contribution in [1.29, 1.82) is 0 Å². The molecule has 0 amide bonds. The number of esters is 1. The molecule has 10 nitrogen and oxygen atoms in total. The molecular weight excluding hydrogens is 378 g/mol. The molecule has 27 heavy (non-hydrogen) atoms. The third kappa shape index (κ3) is 4.59. The summed E-state index contributed by atoms with van der Waals surface area (Å²) < 4.78 is 10.1. The van der Waals surface area contributed by atoms with Crippen LogP contribution in [0.25, 0.3) is 0 Å². The number of anilines is 1. The molecule has 2 aromatic rings. The Hall–Kier alpha value is -3.01. The lowest BCUT2D eigenvalue weighted by Gasteiger charge is -2.23. The van der Waals surface area contributed by atoms with Crippen molar-refractivity contribution in [3.05, 3.63) is 44.6 Å². The summed E-state index contributed by atoms with van der Waals surface area (Å²) in [4.78, 5) is 35.9. The number of aromatic nitrogens is 3. The maximum atomic E-state index is 11.9. The molecule has 2 rings (SSSR count). The van der Waals surface area contributed by atoms with Gasteiger partial charge >= 0.3 is 11.7 Å². The molecule has 0 atom stereocenters. The van der Waals surface area contributed by atoms with Crippen LogP contribution in [0, 0.1) is 24.0 Å². The summed E-state index contributed by atoms with van der Waals surface area (Å²) in [5.74, 6) is -0.0601. The SMILES string of the molecule is COC(=O)CN(Cc1ncc(C)c(OC)c1C)c1nc(Cl)ncc1[N+](=O)[O-]. The van der Waals surface area contributed by atoms with Gasteiger partial charge in [0, 0.05) is 17.3 Å². The Morgan fingerprint density at radius 3 is 2.59 bits per heavy atom. The lowest BCUT2D eigenvalue weighted by atomic mass is 10.1. The third-order valence-corrected chi connectivity index (χ3v) is 4.04. The molecule has 2 aromatic heterocycles. The van der Waals surface area contributed by atoms with Gasteiger partial charge in [-0.1, -0.05) is 0 Å². The van der Waals surface area contributed by atoms with Gasteiger partial charge in [0.25, 0.3) is 0 Å². The summed E-state index contributed by atoms with van der Waals surface area (Å²) in [6.07, 6.45) is 2.61. The highest BCUT2D eigenvalue weighted by Crippen LogP contribution is 2.30. The van der Waals surface area contributed by atoms with Crippen LogP contribution in [0.4, 0.5) is 11.5 Å². The van der Waals surface area contributed by atoms with Crippen molar-refractivity contribution >= 4 is 29.1 Å². The molecule has 0 fully saturated rings. The van der Waals surface area contributed by atoms with Crippen molar-refractivity contribution in [2.75, 3.05) is 25.7 Å². The first-order valence-corrected chi connectivity index (χ1v) is 8.14. The highest BCUT2D eigenvalue weighted by Gasteiger charge is 2.26. The quantitative estimate of drug-likeness (QED) is 0.300. The topological polar surface area (TPSA) is 121 Å². The fourth-order valence-corrected chi connectivity index (χ4v) is 2.67. The number of rotatable bonds is 7. The number of nitro groups is 1. The van der Waals surface area contributed by atoms with E-state index in [1.54, 1.807) is 13.3 Å². The van der Waals surface area contributed by atoms with Gasteiger partial charge < -0.3 is 14.4 Å². The molecular formula is C16H18ClN5O5. The minimum Gasteiger partial charge on any atom is -0.496 e. The van der Waals surface area contributed by atoms with Crippen molar-refractivity contribution in [3.63, 3.8) is 0 Å². The number of hydrogen-bond donors (Lipinski definition) is 0. The van der Waals surface area contributed by atoms with Crippen LogP contribution in [0.2, 0.25) is 5.28 Å². The average molecular weight is 396 g/mol. The number of methoxy groups -OCH3 is 2. The number of nitrogens with zero attached hydrogens (tertiary/aromatic N) is 5. The zero-order chi connectivity index (χ0) is 20.1. The predicted molar refractivity (Wildman–Crippen MR) is 97.0 cm³/mol. The summed E-state index contributed by atoms with van der Waals surface area (Å²) in [5.41, 5.74) is 1.76. The van der Waals surface area contributed by atoms with Gasteiger partial charge in [-0.3, -0.25) is 19.9 Å². The molecule has 11 heteroatoms. The Morgan fingerprint density at radius 2 is 2.00 bits per heavy atom. The van der Waals surface area contributed by atoms with E-state index in [9.17, 15) is 14.9 Å². The van der Waals surface area contributed by atoms with Crippen LogP contribution in [0.15, 0.2) is 12.4 Å². The summed E-state index contributed by atoms with van der Waals surface area (Å²) in [6, 6.07) is 0. The van der Waals surface area contributed by atoms with Gasteiger partial charge in [-0.25, -0.2) is 4.98 Å². The maximum absolute atomic E-state index is 11.9. The van der Waals surface area contributed by atoms with Crippen LogP contribution < -0.4 is 9.64 Å². The number of carbonyl (C=O) groups excluding carboxylic acids is 1. The van der Waals surface area contributed by atoms with Crippen molar-refractivity contribution in [2.24, 2.45) is 0 Å². The highest BCUT2D eigenvalue weighted by atomic mass is 35.5. The smallest absolute Gasteiger partial charge is 0.329 e. The Kier molecular flexibility index (Phi) is 6.45. The Morgan fingerprint density at radius 1 is 1.30 bits per heavy atom. The van der Waals surface area contributed by atoms with Crippen LogP contribution in [-0.4, -0.2) is 46.6 Å². The second-order valence-corrected chi connectivity index (χ2v) is 5.92. The summed E-state index contributed by atoms with van der Waals surface area (Å²) in [5, 5.41) is 11.2. The van der Waals surface area contributed by atoms with E-state index in [0.29, 0.717) is 11.4 Å². The summed E-state index contributed by atoms with van der Waals surface area (Å²) >= 11 is 5.82. The standard InChI is InChI=1S/C16H18ClN5O5/c1-9-5-18-11(10(2)14(9)27-4)7-21(8-13(23)26-3)15-12(22(24)25)6-19-16(17)20-15/h5-6H,7-8H2,1-4H3. The summed E-state index contributed by atoms with van der Waals surface area (Å²) in [7, 11) is 2.76. The third-order valence-electron chi connectivity index (χ3n) is 3.85. The van der Waals surface area contributed by atoms with Crippen LogP contribution in [0.3, 0.4) is 0 Å². The monoisotopic (exact) mass is 395 g/mol. The van der Waals surface area contributed by atoms with E-state index in [-0.39, 0.29) is 29.9 Å². The number of pyridine rings is 1. The zero-order valence-electron chi connectivity index (χ0n) is 15.2. The van der Waals surface area contributed by atoms with Gasteiger partial charge in [0.2, 0.25) is 11.1 Å². The van der Waals surface area contributed by atoms with Crippen LogP contribution in [-0.2, 0) is 16.1 Å². The minimum atomic E-state index is -0.647. The molecule has 0 N–H and O–H groups in total. The number of aryl methyl sites for hydroxylation is 1. The van der Waals surface area contributed by atoms with E-state index in [0.717, 1.165) is 17.3 Å². The van der Waals surface area contributed by atoms with Crippen molar-refractivity contribution < 1.29 is 19.2 Å². The van der Waals surface area contributed by atoms with E-state index in [1.165, 1.54) is 12.0 Å². The lowest BCUT2D eigenvalue weighted by molar-refractivity contribution is -0.384. The second kappa shape index (κ2) is 8.58. The molecule has 0 aliphatic carbocycles. The summed E-state index contributed by atoms with van der Waals surface area (Å²) in [6.45, 7) is 3.42. The number of carbonyl (C=O) groups is 1. The maximum Gasteiger partial charge on any atom is 0.329 e. The number of hydrogen-bond acceptors (Lipinski definition) is 9. The van der Waals surface area contributed by atoms with Crippen LogP contribution in [0.1, 0.15) is 16.8 Å². The number of halogens is 1. The first-order valence-electron chi connectivity index (χ1n) is 7.76. The lowest BCUT2D eigenvalue weighted by Crippen LogP contribution is -2.32. The average Bonchev–Trinajstić information content (AvgIpc) is 2.63. The fraction of sp³-hybridized carbons (Fsp3) is 0.375. The molecule has 144 valence electrons. The molecule has 0 spiro atoms. The fourth-order valence-electron chi connectivity index (χ4n) is 2.54. The van der Waals surface area contributed by atoms with Gasteiger partial charge in [0.05, 0.1) is 31.4 Å². The highest BCUT2D eigenvalue weighted by molar-refractivity contribution is 6.28. The normalized spacial score (nSPS) is 10.4. The van der Waals surface area contributed by atoms with Crippen molar-refractivity contribution in [1.82, 2.24) is 15.0 Å². The zero-order valence-corrected chi connectivity index (χ0v) is 16.0.